The molecule has 1 aliphatic heterocycles. The highest BCUT2D eigenvalue weighted by Crippen LogP contribution is 2.25. The second-order valence-electron chi connectivity index (χ2n) is 3.72. The lowest BCUT2D eigenvalue weighted by molar-refractivity contribution is -0.120. The van der Waals surface area contributed by atoms with Crippen LogP contribution in [0.5, 0.6) is 5.75 Å². The number of amides is 2. The van der Waals surface area contributed by atoms with Gasteiger partial charge in [-0.3, -0.25) is 15.0 Å². The third-order valence-corrected chi connectivity index (χ3v) is 3.05. The molecule has 98 valence electrons. The number of carbonyl (C=O) groups is 2. The molecule has 4 N–H and O–H groups in total. The Labute approximate surface area is 113 Å². The molecular weight excluding hydrogens is 266 g/mol. The van der Waals surface area contributed by atoms with Gasteiger partial charge in [-0.25, -0.2) is 0 Å². The number of thioether (sulfide) groups is 1. The standard InChI is InChI=1S/C12H11N3O3S/c13-10(16)6-18-8-3-1-7(2-4-8)5-9-11(17)15-12(14)19-9/h1-5H,6H2,(H2,13,16)(H2,14,15,17). The lowest BCUT2D eigenvalue weighted by Gasteiger charge is -2.03. The van der Waals surface area contributed by atoms with Gasteiger partial charge in [-0.05, 0) is 35.5 Å². The quantitative estimate of drug-likeness (QED) is 0.704. The molecule has 0 saturated carbocycles. The van der Waals surface area contributed by atoms with E-state index in [0.717, 1.165) is 17.3 Å². The summed E-state index contributed by atoms with van der Waals surface area (Å²) in [6, 6.07) is 6.86. The molecule has 19 heavy (non-hydrogen) atoms. The van der Waals surface area contributed by atoms with Gasteiger partial charge in [-0.2, -0.15) is 0 Å². The highest BCUT2D eigenvalue weighted by atomic mass is 32.2. The Balaban J connectivity index is 2.06. The molecule has 1 aliphatic rings. The zero-order valence-corrected chi connectivity index (χ0v) is 10.6. The Bertz CT molecular complexity index is 566. The number of nitrogens with one attached hydrogen (secondary N) is 2. The minimum absolute atomic E-state index is 0.123. The molecule has 0 unspecified atom stereocenters. The van der Waals surface area contributed by atoms with Gasteiger partial charge in [0, 0.05) is 0 Å². The number of carbonyl (C=O) groups excluding carboxylic acids is 2. The van der Waals surface area contributed by atoms with Crippen LogP contribution in [0.2, 0.25) is 0 Å². The van der Waals surface area contributed by atoms with Gasteiger partial charge in [0.05, 0.1) is 4.91 Å². The van der Waals surface area contributed by atoms with Gasteiger partial charge in [0.15, 0.2) is 11.8 Å². The molecule has 1 aromatic carbocycles. The number of ether oxygens (including phenoxy) is 1. The van der Waals surface area contributed by atoms with Crippen molar-refractivity contribution in [3.63, 3.8) is 0 Å². The van der Waals surface area contributed by atoms with Crippen molar-refractivity contribution in [2.24, 2.45) is 5.73 Å². The van der Waals surface area contributed by atoms with Crippen LogP contribution in [-0.2, 0) is 9.59 Å². The van der Waals surface area contributed by atoms with Gasteiger partial charge >= 0.3 is 0 Å². The Morgan fingerprint density at radius 3 is 2.63 bits per heavy atom. The Hall–Kier alpha value is -2.28. The summed E-state index contributed by atoms with van der Waals surface area (Å²) in [5.41, 5.74) is 5.77. The first-order chi connectivity index (χ1) is 9.04. The number of hydrogen-bond donors (Lipinski definition) is 3. The summed E-state index contributed by atoms with van der Waals surface area (Å²) < 4.78 is 5.12. The van der Waals surface area contributed by atoms with Crippen molar-refractivity contribution in [2.45, 2.75) is 0 Å². The molecule has 0 aromatic heterocycles. The summed E-state index contributed by atoms with van der Waals surface area (Å²) in [7, 11) is 0. The lowest BCUT2D eigenvalue weighted by Crippen LogP contribution is -2.19. The summed E-state index contributed by atoms with van der Waals surface area (Å²) >= 11 is 1.08. The van der Waals surface area contributed by atoms with E-state index in [1.165, 1.54) is 0 Å². The SMILES string of the molecule is N=C1NC(=O)C(=Cc2ccc(OCC(N)=O)cc2)S1. The normalized spacial score (nSPS) is 16.5. The summed E-state index contributed by atoms with van der Waals surface area (Å²) in [4.78, 5) is 22.4. The predicted octanol–water partition coefficient (Wildman–Crippen LogP) is 0.689. The molecule has 1 heterocycles. The molecule has 1 fully saturated rings. The monoisotopic (exact) mass is 277 g/mol. The maximum Gasteiger partial charge on any atom is 0.264 e. The van der Waals surface area contributed by atoms with Gasteiger partial charge in [0.1, 0.15) is 5.75 Å². The molecule has 0 radical (unpaired) electrons. The first kappa shape index (κ1) is 13.2. The fourth-order valence-electron chi connectivity index (χ4n) is 1.41. The van der Waals surface area contributed by atoms with Crippen molar-refractivity contribution in [3.05, 3.63) is 34.7 Å². The van der Waals surface area contributed by atoms with E-state index in [9.17, 15) is 9.59 Å². The Morgan fingerprint density at radius 2 is 2.11 bits per heavy atom. The van der Waals surface area contributed by atoms with Crippen LogP contribution in [0.3, 0.4) is 0 Å². The van der Waals surface area contributed by atoms with Crippen molar-refractivity contribution in [1.82, 2.24) is 5.32 Å². The zero-order chi connectivity index (χ0) is 13.8. The van der Waals surface area contributed by atoms with Gasteiger partial charge < -0.3 is 15.8 Å². The third kappa shape index (κ3) is 3.59. The molecule has 0 aliphatic carbocycles. The topological polar surface area (TPSA) is 105 Å². The molecule has 2 amide bonds. The first-order valence-corrected chi connectivity index (χ1v) is 6.17. The molecule has 1 saturated heterocycles. The average Bonchev–Trinajstić information content (AvgIpc) is 2.67. The Kier molecular flexibility index (Phi) is 3.86. The van der Waals surface area contributed by atoms with E-state index < -0.39 is 5.91 Å². The number of rotatable bonds is 4. The van der Waals surface area contributed by atoms with E-state index in [-0.39, 0.29) is 17.7 Å². The van der Waals surface area contributed by atoms with Crippen LogP contribution in [-0.4, -0.2) is 23.6 Å². The maximum absolute atomic E-state index is 11.4. The van der Waals surface area contributed by atoms with E-state index in [1.54, 1.807) is 30.3 Å². The summed E-state index contributed by atoms with van der Waals surface area (Å²) in [5.74, 6) is -0.287. The number of nitrogens with two attached hydrogens (primary N) is 1. The van der Waals surface area contributed by atoms with Gasteiger partial charge in [-0.15, -0.1) is 0 Å². The van der Waals surface area contributed by atoms with Gasteiger partial charge in [0.25, 0.3) is 11.8 Å². The van der Waals surface area contributed by atoms with E-state index in [1.807, 2.05) is 0 Å². The van der Waals surface area contributed by atoms with Crippen LogP contribution >= 0.6 is 11.8 Å². The van der Waals surface area contributed by atoms with Gasteiger partial charge in [0.2, 0.25) is 0 Å². The fraction of sp³-hybridized carbons (Fsp3) is 0.0833. The van der Waals surface area contributed by atoms with Crippen LogP contribution in [0.15, 0.2) is 29.2 Å². The van der Waals surface area contributed by atoms with Crippen molar-refractivity contribution in [1.29, 1.82) is 5.41 Å². The van der Waals surface area contributed by atoms with Crippen LogP contribution in [0.4, 0.5) is 0 Å². The second kappa shape index (κ2) is 5.57. The summed E-state index contributed by atoms with van der Waals surface area (Å²) in [5, 5.41) is 9.85. The van der Waals surface area contributed by atoms with E-state index in [4.69, 9.17) is 15.9 Å². The summed E-state index contributed by atoms with van der Waals surface area (Å²) in [6.07, 6.45) is 1.68. The summed E-state index contributed by atoms with van der Waals surface area (Å²) in [6.45, 7) is -0.171. The maximum atomic E-state index is 11.4. The van der Waals surface area contributed by atoms with Crippen LogP contribution in [0.25, 0.3) is 6.08 Å². The number of hydrogen-bond acceptors (Lipinski definition) is 5. The molecule has 0 spiro atoms. The van der Waals surface area contributed by atoms with Crippen LogP contribution in [0, 0.1) is 5.41 Å². The second-order valence-corrected chi connectivity index (χ2v) is 4.77. The molecule has 7 heteroatoms. The van der Waals surface area contributed by atoms with Crippen molar-refractivity contribution in [2.75, 3.05) is 6.61 Å². The largest absolute Gasteiger partial charge is 0.484 e. The van der Waals surface area contributed by atoms with Crippen molar-refractivity contribution >= 4 is 34.8 Å². The van der Waals surface area contributed by atoms with E-state index in [0.29, 0.717) is 10.7 Å². The molecule has 0 atom stereocenters. The van der Waals surface area contributed by atoms with Crippen LogP contribution in [0.1, 0.15) is 5.56 Å². The number of benzene rings is 1. The van der Waals surface area contributed by atoms with Crippen LogP contribution < -0.4 is 15.8 Å². The minimum atomic E-state index is -0.538. The van der Waals surface area contributed by atoms with Crippen molar-refractivity contribution < 1.29 is 14.3 Å². The highest BCUT2D eigenvalue weighted by molar-refractivity contribution is 8.18. The number of amidine groups is 1. The van der Waals surface area contributed by atoms with E-state index >= 15 is 0 Å². The molecule has 2 rings (SSSR count). The fourth-order valence-corrected chi connectivity index (χ4v) is 2.11. The highest BCUT2D eigenvalue weighted by Gasteiger charge is 2.21. The zero-order valence-electron chi connectivity index (χ0n) is 9.80. The Morgan fingerprint density at radius 1 is 1.42 bits per heavy atom. The average molecular weight is 277 g/mol. The predicted molar refractivity (Wildman–Crippen MR) is 72.6 cm³/mol. The number of primary amides is 1. The third-order valence-electron chi connectivity index (χ3n) is 2.22. The lowest BCUT2D eigenvalue weighted by atomic mass is 10.2. The molecule has 6 nitrogen and oxygen atoms in total. The minimum Gasteiger partial charge on any atom is -0.484 e. The van der Waals surface area contributed by atoms with Gasteiger partial charge in [-0.1, -0.05) is 12.1 Å². The van der Waals surface area contributed by atoms with Crippen molar-refractivity contribution in [3.8, 4) is 5.75 Å². The van der Waals surface area contributed by atoms with E-state index in [2.05, 4.69) is 5.32 Å². The first-order valence-electron chi connectivity index (χ1n) is 5.35. The molecule has 0 bridgehead atoms. The molecular formula is C12H11N3O3S. The smallest absolute Gasteiger partial charge is 0.264 e. The molecule has 1 aromatic rings.